The molecule has 0 radical (unpaired) electrons. The minimum atomic E-state index is -0.635. The number of carbonyl (C=O) groups excluding carboxylic acids is 1. The molecule has 34 heavy (non-hydrogen) atoms. The third-order valence-corrected chi connectivity index (χ3v) is 5.93. The molecule has 2 atom stereocenters. The number of nitrogens with one attached hydrogen (secondary N) is 1. The van der Waals surface area contributed by atoms with Gasteiger partial charge in [0.05, 0.1) is 18.8 Å². The van der Waals surface area contributed by atoms with E-state index >= 15 is 0 Å². The molecule has 0 bridgehead atoms. The largest absolute Gasteiger partial charge is 0.383 e. The lowest BCUT2D eigenvalue weighted by atomic mass is 10.1. The summed E-state index contributed by atoms with van der Waals surface area (Å²) >= 11 is 0. The Kier molecular flexibility index (Phi) is 8.68. The first-order valence-corrected chi connectivity index (χ1v) is 12.1. The first kappa shape index (κ1) is 25.7. The van der Waals surface area contributed by atoms with Gasteiger partial charge in [0.25, 0.3) is 5.56 Å². The molecule has 2 heterocycles. The molecule has 1 amide bonds. The summed E-state index contributed by atoms with van der Waals surface area (Å²) in [4.78, 5) is 44.6. The SMILES string of the molecule is CCCCN(C(=O)CN1CC(C)OC(c2ccccc2)C1)c1c(N)n(CC(C)C)c(=O)[nH]c1=O. The number of ether oxygens (including phenoxy) is 1. The molecule has 1 aliphatic rings. The van der Waals surface area contributed by atoms with Crippen LogP contribution in [0.5, 0.6) is 0 Å². The number of nitrogens with two attached hydrogens (primary N) is 1. The van der Waals surface area contributed by atoms with Crippen molar-refractivity contribution >= 4 is 17.4 Å². The molecule has 0 aliphatic carbocycles. The molecule has 3 rings (SSSR count). The molecule has 1 aromatic carbocycles. The van der Waals surface area contributed by atoms with Crippen molar-refractivity contribution in [1.29, 1.82) is 0 Å². The third-order valence-electron chi connectivity index (χ3n) is 5.93. The second-order valence-electron chi connectivity index (χ2n) is 9.44. The smallest absolute Gasteiger partial charge is 0.330 e. The first-order valence-electron chi connectivity index (χ1n) is 12.1. The number of rotatable bonds is 9. The second-order valence-corrected chi connectivity index (χ2v) is 9.44. The van der Waals surface area contributed by atoms with Gasteiger partial charge in [-0.15, -0.1) is 0 Å². The van der Waals surface area contributed by atoms with Gasteiger partial charge in [0, 0.05) is 26.2 Å². The molecule has 9 heteroatoms. The maximum Gasteiger partial charge on any atom is 0.330 e. The third kappa shape index (κ3) is 6.15. The molecule has 1 saturated heterocycles. The van der Waals surface area contributed by atoms with Crippen LogP contribution in [-0.4, -0.2) is 52.6 Å². The summed E-state index contributed by atoms with van der Waals surface area (Å²) in [5.74, 6) is -0.0472. The number of amides is 1. The fourth-order valence-corrected chi connectivity index (χ4v) is 4.36. The highest BCUT2D eigenvalue weighted by Gasteiger charge is 2.30. The van der Waals surface area contributed by atoms with E-state index in [1.54, 1.807) is 0 Å². The molecule has 0 spiro atoms. The van der Waals surface area contributed by atoms with Gasteiger partial charge in [-0.05, 0) is 24.8 Å². The Labute approximate surface area is 200 Å². The Morgan fingerprint density at radius 3 is 2.59 bits per heavy atom. The molecular weight excluding hydrogens is 434 g/mol. The van der Waals surface area contributed by atoms with Crippen LogP contribution in [-0.2, 0) is 16.1 Å². The lowest BCUT2D eigenvalue weighted by Crippen LogP contribution is -2.50. The van der Waals surface area contributed by atoms with Crippen LogP contribution in [0.3, 0.4) is 0 Å². The van der Waals surface area contributed by atoms with Gasteiger partial charge in [-0.2, -0.15) is 0 Å². The molecule has 3 N–H and O–H groups in total. The normalized spacial score (nSPS) is 18.9. The number of unbranched alkanes of at least 4 members (excludes halogenated alkanes) is 1. The zero-order chi connectivity index (χ0) is 24.8. The standard InChI is InChI=1S/C25H37N5O4/c1-5-6-12-29(22-23(26)30(13-17(2)3)25(33)27-24(22)32)21(31)16-28-14-18(4)34-20(15-28)19-10-8-7-9-11-19/h7-11,17-18,20H,5-6,12-16,26H2,1-4H3,(H,27,32,33). The fraction of sp³-hybridized carbons (Fsp3) is 0.560. The van der Waals surface area contributed by atoms with Gasteiger partial charge in [0.15, 0.2) is 5.69 Å². The van der Waals surface area contributed by atoms with E-state index in [1.807, 2.05) is 58.0 Å². The molecule has 0 saturated carbocycles. The van der Waals surface area contributed by atoms with Crippen molar-refractivity contribution in [3.05, 3.63) is 56.7 Å². The number of H-pyrrole nitrogens is 1. The maximum absolute atomic E-state index is 13.5. The topological polar surface area (TPSA) is 114 Å². The minimum Gasteiger partial charge on any atom is -0.383 e. The summed E-state index contributed by atoms with van der Waals surface area (Å²) in [5.41, 5.74) is 6.24. The van der Waals surface area contributed by atoms with Crippen molar-refractivity contribution in [2.75, 3.05) is 36.8 Å². The van der Waals surface area contributed by atoms with E-state index < -0.39 is 11.2 Å². The number of hydrogen-bond acceptors (Lipinski definition) is 6. The average Bonchev–Trinajstić information content (AvgIpc) is 2.78. The quantitative estimate of drug-likeness (QED) is 0.580. The van der Waals surface area contributed by atoms with Crippen LogP contribution in [0.25, 0.3) is 0 Å². The zero-order valence-electron chi connectivity index (χ0n) is 20.6. The van der Waals surface area contributed by atoms with Gasteiger partial charge in [0.2, 0.25) is 5.91 Å². The van der Waals surface area contributed by atoms with E-state index in [2.05, 4.69) is 9.88 Å². The number of anilines is 2. The predicted molar refractivity (Wildman–Crippen MR) is 134 cm³/mol. The molecule has 1 aromatic heterocycles. The van der Waals surface area contributed by atoms with Gasteiger partial charge in [-0.1, -0.05) is 57.5 Å². The fourth-order valence-electron chi connectivity index (χ4n) is 4.36. The van der Waals surface area contributed by atoms with Gasteiger partial charge in [0.1, 0.15) is 5.82 Å². The minimum absolute atomic E-state index is 0.0319. The number of nitrogen functional groups attached to an aromatic ring is 1. The number of nitrogens with zero attached hydrogens (tertiary/aromatic N) is 3. The monoisotopic (exact) mass is 471 g/mol. The Morgan fingerprint density at radius 1 is 1.24 bits per heavy atom. The number of aromatic amines is 1. The highest BCUT2D eigenvalue weighted by atomic mass is 16.5. The van der Waals surface area contributed by atoms with E-state index in [9.17, 15) is 14.4 Å². The molecule has 1 aliphatic heterocycles. The Bertz CT molecular complexity index is 1080. The Morgan fingerprint density at radius 2 is 1.94 bits per heavy atom. The second kappa shape index (κ2) is 11.5. The number of carbonyl (C=O) groups is 1. The van der Waals surface area contributed by atoms with Crippen molar-refractivity contribution in [1.82, 2.24) is 14.5 Å². The number of morpholine rings is 1. The van der Waals surface area contributed by atoms with Crippen LogP contribution < -0.4 is 21.9 Å². The van der Waals surface area contributed by atoms with Crippen LogP contribution in [0, 0.1) is 5.92 Å². The van der Waals surface area contributed by atoms with Gasteiger partial charge in [-0.3, -0.25) is 24.0 Å². The van der Waals surface area contributed by atoms with Crippen LogP contribution >= 0.6 is 0 Å². The van der Waals surface area contributed by atoms with E-state index in [0.29, 0.717) is 32.6 Å². The molecule has 9 nitrogen and oxygen atoms in total. The predicted octanol–water partition coefficient (Wildman–Crippen LogP) is 2.37. The average molecular weight is 472 g/mol. The van der Waals surface area contributed by atoms with Crippen molar-refractivity contribution in [2.45, 2.75) is 59.3 Å². The number of hydrogen-bond donors (Lipinski definition) is 2. The van der Waals surface area contributed by atoms with E-state index in [4.69, 9.17) is 10.5 Å². The number of benzene rings is 1. The Balaban J connectivity index is 1.88. The zero-order valence-corrected chi connectivity index (χ0v) is 20.6. The van der Waals surface area contributed by atoms with Crippen molar-refractivity contribution in [3.63, 3.8) is 0 Å². The van der Waals surface area contributed by atoms with Crippen molar-refractivity contribution < 1.29 is 9.53 Å². The summed E-state index contributed by atoms with van der Waals surface area (Å²) in [6, 6.07) is 9.95. The first-order chi connectivity index (χ1) is 16.2. The number of aromatic nitrogens is 2. The maximum atomic E-state index is 13.5. The lowest BCUT2D eigenvalue weighted by molar-refractivity contribution is -0.124. The van der Waals surface area contributed by atoms with Crippen LogP contribution in [0.2, 0.25) is 0 Å². The highest BCUT2D eigenvalue weighted by Crippen LogP contribution is 2.26. The van der Waals surface area contributed by atoms with Gasteiger partial charge < -0.3 is 15.4 Å². The lowest BCUT2D eigenvalue weighted by Gasteiger charge is -2.37. The molecule has 2 aromatic rings. The summed E-state index contributed by atoms with van der Waals surface area (Å²) in [5, 5.41) is 0. The summed E-state index contributed by atoms with van der Waals surface area (Å²) < 4.78 is 7.46. The van der Waals surface area contributed by atoms with E-state index in [-0.39, 0.29) is 42.1 Å². The molecule has 1 fully saturated rings. The summed E-state index contributed by atoms with van der Waals surface area (Å²) in [7, 11) is 0. The van der Waals surface area contributed by atoms with Crippen LogP contribution in [0.15, 0.2) is 39.9 Å². The van der Waals surface area contributed by atoms with Gasteiger partial charge in [-0.25, -0.2) is 4.79 Å². The van der Waals surface area contributed by atoms with E-state index in [1.165, 1.54) is 9.47 Å². The summed E-state index contributed by atoms with van der Waals surface area (Å²) in [6.45, 7) is 9.93. The molecule has 2 unspecified atom stereocenters. The van der Waals surface area contributed by atoms with Gasteiger partial charge >= 0.3 is 5.69 Å². The molecule has 186 valence electrons. The van der Waals surface area contributed by atoms with Crippen molar-refractivity contribution in [2.24, 2.45) is 5.92 Å². The van der Waals surface area contributed by atoms with Crippen LogP contribution in [0.1, 0.15) is 52.2 Å². The highest BCUT2D eigenvalue weighted by molar-refractivity contribution is 5.96. The van der Waals surface area contributed by atoms with Crippen molar-refractivity contribution in [3.8, 4) is 0 Å². The summed E-state index contributed by atoms with van der Waals surface area (Å²) in [6.07, 6.45) is 1.37. The Hall–Kier alpha value is -2.91. The van der Waals surface area contributed by atoms with E-state index in [0.717, 1.165) is 12.0 Å². The molecular formula is C25H37N5O4. The van der Waals surface area contributed by atoms with Crippen LogP contribution in [0.4, 0.5) is 11.5 Å².